The number of thiazole rings is 1. The van der Waals surface area contributed by atoms with Crippen molar-refractivity contribution in [3.05, 3.63) is 75.5 Å². The molecule has 0 bridgehead atoms. The van der Waals surface area contributed by atoms with E-state index in [1.54, 1.807) is 22.4 Å². The minimum Gasteiger partial charge on any atom is -0.339 e. The minimum absolute atomic E-state index is 0.189. The highest BCUT2D eigenvalue weighted by Gasteiger charge is 2.31. The lowest BCUT2D eigenvalue weighted by Gasteiger charge is -2.31. The Kier molecular flexibility index (Phi) is 6.64. The number of benzene rings is 1. The van der Waals surface area contributed by atoms with Crippen molar-refractivity contribution in [2.75, 3.05) is 13.1 Å². The molecule has 1 aliphatic heterocycles. The standard InChI is InChI=1S/C23H22F4N4OS/c1-15-29-19(14-33-15)13-31-11-8-28-22(31)16-6-9-30(10-7-16)21(32)5-2-17-12-18(23(25,26)27)3-4-20(17)24/h2-5,8,11-12,14,16H,6-7,9-10,13H2,1H3. The zero-order valence-electron chi connectivity index (χ0n) is 17.8. The maximum Gasteiger partial charge on any atom is 0.416 e. The molecule has 1 fully saturated rings. The first-order valence-electron chi connectivity index (χ1n) is 10.5. The summed E-state index contributed by atoms with van der Waals surface area (Å²) in [6.45, 7) is 3.58. The number of carbonyl (C=O) groups excluding carboxylic acids is 1. The number of piperidine rings is 1. The van der Waals surface area contributed by atoms with Crippen LogP contribution in [-0.2, 0) is 17.5 Å². The summed E-state index contributed by atoms with van der Waals surface area (Å²) in [7, 11) is 0. The number of carbonyl (C=O) groups is 1. The predicted molar refractivity (Wildman–Crippen MR) is 117 cm³/mol. The van der Waals surface area contributed by atoms with Crippen molar-refractivity contribution in [1.82, 2.24) is 19.4 Å². The van der Waals surface area contributed by atoms with Gasteiger partial charge in [0.25, 0.3) is 0 Å². The van der Waals surface area contributed by atoms with E-state index >= 15 is 0 Å². The first-order valence-corrected chi connectivity index (χ1v) is 11.3. The number of nitrogens with zero attached hydrogens (tertiary/aromatic N) is 4. The summed E-state index contributed by atoms with van der Waals surface area (Å²) in [6.07, 6.45) is 2.76. The van der Waals surface area contributed by atoms with Gasteiger partial charge in [0.1, 0.15) is 11.6 Å². The van der Waals surface area contributed by atoms with E-state index < -0.39 is 17.6 Å². The van der Waals surface area contributed by atoms with Crippen molar-refractivity contribution < 1.29 is 22.4 Å². The molecule has 0 spiro atoms. The molecule has 2 aromatic heterocycles. The number of hydrogen-bond acceptors (Lipinski definition) is 4. The fraction of sp³-hybridized carbons (Fsp3) is 0.348. The Labute approximate surface area is 192 Å². The monoisotopic (exact) mass is 478 g/mol. The molecule has 5 nitrogen and oxygen atoms in total. The van der Waals surface area contributed by atoms with Crippen LogP contribution in [0.3, 0.4) is 0 Å². The van der Waals surface area contributed by atoms with E-state index in [0.29, 0.717) is 44.6 Å². The number of hydrogen-bond donors (Lipinski definition) is 0. The molecule has 1 aliphatic rings. The zero-order valence-corrected chi connectivity index (χ0v) is 18.7. The second-order valence-corrected chi connectivity index (χ2v) is 9.00. The van der Waals surface area contributed by atoms with E-state index in [2.05, 4.69) is 14.5 Å². The fourth-order valence-electron chi connectivity index (χ4n) is 3.94. The molecule has 33 heavy (non-hydrogen) atoms. The molecule has 1 aromatic carbocycles. The Bertz CT molecular complexity index is 1160. The van der Waals surface area contributed by atoms with Crippen molar-refractivity contribution in [1.29, 1.82) is 0 Å². The number of likely N-dealkylation sites (tertiary alicyclic amines) is 1. The largest absolute Gasteiger partial charge is 0.416 e. The highest BCUT2D eigenvalue weighted by atomic mass is 32.1. The van der Waals surface area contributed by atoms with Gasteiger partial charge in [-0.25, -0.2) is 14.4 Å². The summed E-state index contributed by atoms with van der Waals surface area (Å²) < 4.78 is 54.6. The summed E-state index contributed by atoms with van der Waals surface area (Å²) in [5.74, 6) is -0.0255. The van der Waals surface area contributed by atoms with Crippen LogP contribution in [0.25, 0.3) is 6.08 Å². The Morgan fingerprint density at radius 3 is 2.70 bits per heavy atom. The maximum atomic E-state index is 13.9. The number of amides is 1. The third kappa shape index (κ3) is 5.50. The number of aromatic nitrogens is 3. The van der Waals surface area contributed by atoms with Crippen molar-refractivity contribution >= 4 is 23.3 Å². The molecule has 0 atom stereocenters. The molecular weight excluding hydrogens is 456 g/mol. The van der Waals surface area contributed by atoms with Crippen molar-refractivity contribution in [3.8, 4) is 0 Å². The van der Waals surface area contributed by atoms with Crippen LogP contribution in [-0.4, -0.2) is 38.4 Å². The van der Waals surface area contributed by atoms with Gasteiger partial charge in [0, 0.05) is 48.4 Å². The number of alkyl halides is 3. The van der Waals surface area contributed by atoms with Gasteiger partial charge in [0.2, 0.25) is 5.91 Å². The van der Waals surface area contributed by atoms with Crippen LogP contribution in [0, 0.1) is 12.7 Å². The summed E-state index contributed by atoms with van der Waals surface area (Å²) in [6, 6.07) is 2.14. The van der Waals surface area contributed by atoms with E-state index in [0.717, 1.165) is 34.7 Å². The summed E-state index contributed by atoms with van der Waals surface area (Å²) in [5, 5.41) is 3.04. The molecule has 0 N–H and O–H groups in total. The number of imidazole rings is 1. The summed E-state index contributed by atoms with van der Waals surface area (Å²) >= 11 is 1.60. The zero-order chi connectivity index (χ0) is 23.6. The van der Waals surface area contributed by atoms with Crippen molar-refractivity contribution in [2.24, 2.45) is 0 Å². The lowest BCUT2D eigenvalue weighted by molar-refractivity contribution is -0.137. The van der Waals surface area contributed by atoms with Crippen LogP contribution in [0.1, 0.15) is 46.4 Å². The van der Waals surface area contributed by atoms with Crippen LogP contribution >= 0.6 is 11.3 Å². The van der Waals surface area contributed by atoms with Crippen molar-refractivity contribution in [3.63, 3.8) is 0 Å². The quantitative estimate of drug-likeness (QED) is 0.371. The van der Waals surface area contributed by atoms with Gasteiger partial charge in [0.05, 0.1) is 22.8 Å². The smallest absolute Gasteiger partial charge is 0.339 e. The van der Waals surface area contributed by atoms with Crippen LogP contribution in [0.15, 0.2) is 42.0 Å². The number of halogens is 4. The Hall–Kier alpha value is -3.01. The third-order valence-corrected chi connectivity index (χ3v) is 6.47. The van der Waals surface area contributed by atoms with E-state index in [4.69, 9.17) is 0 Å². The van der Waals surface area contributed by atoms with Gasteiger partial charge in [-0.15, -0.1) is 11.3 Å². The van der Waals surface area contributed by atoms with Gasteiger partial charge in [-0.1, -0.05) is 0 Å². The fourth-order valence-corrected chi connectivity index (χ4v) is 4.55. The van der Waals surface area contributed by atoms with Gasteiger partial charge in [0.15, 0.2) is 0 Å². The van der Waals surface area contributed by atoms with Gasteiger partial charge in [-0.3, -0.25) is 4.79 Å². The van der Waals surface area contributed by atoms with Gasteiger partial charge in [-0.05, 0) is 44.0 Å². The van der Waals surface area contributed by atoms with Crippen LogP contribution in [0.4, 0.5) is 17.6 Å². The Balaban J connectivity index is 1.37. The minimum atomic E-state index is -4.58. The molecule has 0 saturated carbocycles. The number of rotatable bonds is 5. The normalized spacial score (nSPS) is 15.5. The molecular formula is C23H22F4N4OS. The molecule has 174 valence electrons. The van der Waals surface area contributed by atoms with Gasteiger partial charge < -0.3 is 9.47 Å². The van der Waals surface area contributed by atoms with E-state index in [1.807, 2.05) is 18.5 Å². The molecule has 0 aliphatic carbocycles. The molecule has 0 unspecified atom stereocenters. The predicted octanol–water partition coefficient (Wildman–Crippen LogP) is 5.27. The van der Waals surface area contributed by atoms with Gasteiger partial charge in [-0.2, -0.15) is 13.2 Å². The van der Waals surface area contributed by atoms with Crippen LogP contribution < -0.4 is 0 Å². The van der Waals surface area contributed by atoms with E-state index in [1.165, 1.54) is 0 Å². The van der Waals surface area contributed by atoms with E-state index in [9.17, 15) is 22.4 Å². The Morgan fingerprint density at radius 2 is 2.03 bits per heavy atom. The first kappa shape index (κ1) is 23.2. The second kappa shape index (κ2) is 9.46. The van der Waals surface area contributed by atoms with Gasteiger partial charge >= 0.3 is 6.18 Å². The topological polar surface area (TPSA) is 51.0 Å². The highest BCUT2D eigenvalue weighted by molar-refractivity contribution is 7.09. The molecule has 1 saturated heterocycles. The summed E-state index contributed by atoms with van der Waals surface area (Å²) in [4.78, 5) is 23.2. The summed E-state index contributed by atoms with van der Waals surface area (Å²) in [5.41, 5.74) is -0.246. The van der Waals surface area contributed by atoms with Crippen molar-refractivity contribution in [2.45, 2.75) is 38.4 Å². The first-order chi connectivity index (χ1) is 15.7. The Morgan fingerprint density at radius 1 is 1.27 bits per heavy atom. The SMILES string of the molecule is Cc1nc(Cn2ccnc2C2CCN(C(=O)C=Cc3cc(C(F)(F)F)ccc3F)CC2)cs1. The molecule has 0 radical (unpaired) electrons. The number of aryl methyl sites for hydroxylation is 1. The molecule has 4 rings (SSSR count). The second-order valence-electron chi connectivity index (χ2n) is 7.94. The lowest BCUT2D eigenvalue weighted by atomic mass is 9.95. The lowest BCUT2D eigenvalue weighted by Crippen LogP contribution is -2.37. The van der Waals surface area contributed by atoms with E-state index in [-0.39, 0.29) is 17.4 Å². The molecule has 10 heteroatoms. The van der Waals surface area contributed by atoms with Crippen LogP contribution in [0.5, 0.6) is 0 Å². The van der Waals surface area contributed by atoms with Crippen LogP contribution in [0.2, 0.25) is 0 Å². The molecule has 3 heterocycles. The average molecular weight is 479 g/mol. The average Bonchev–Trinajstić information content (AvgIpc) is 3.41. The molecule has 3 aromatic rings. The third-order valence-electron chi connectivity index (χ3n) is 5.65. The molecule has 1 amide bonds. The maximum absolute atomic E-state index is 13.9. The highest BCUT2D eigenvalue weighted by Crippen LogP contribution is 2.31.